The normalized spacial score (nSPS) is 11.8. The first-order chi connectivity index (χ1) is 12.4. The van der Waals surface area contributed by atoms with Crippen molar-refractivity contribution in [2.24, 2.45) is 0 Å². The minimum Gasteiger partial charge on any atom is -0.341 e. The summed E-state index contributed by atoms with van der Waals surface area (Å²) in [6, 6.07) is 12.6. The Hall–Kier alpha value is -3.55. The van der Waals surface area contributed by atoms with Crippen molar-refractivity contribution in [1.29, 1.82) is 0 Å². The maximum Gasteiger partial charge on any atom is 0.270 e. The number of nitrogens with zero attached hydrogens (tertiary/aromatic N) is 3. The molecule has 0 saturated heterocycles. The molecule has 1 heterocycles. The number of carbonyl (C=O) groups excluding carboxylic acids is 1. The van der Waals surface area contributed by atoms with Crippen molar-refractivity contribution in [3.63, 3.8) is 0 Å². The number of aryl methyl sites for hydroxylation is 1. The van der Waals surface area contributed by atoms with E-state index in [0.717, 1.165) is 11.1 Å². The fourth-order valence-electron chi connectivity index (χ4n) is 2.41. The van der Waals surface area contributed by atoms with Gasteiger partial charge in [-0.05, 0) is 26.0 Å². The van der Waals surface area contributed by atoms with Crippen molar-refractivity contribution in [1.82, 2.24) is 15.5 Å². The molecule has 1 amide bonds. The highest BCUT2D eigenvalue weighted by Gasteiger charge is 2.19. The average molecular weight is 352 g/mol. The standard InChI is InChI=1S/C18H16N4O4/c1-11-5-3-6-13(9-11)16-20-18(26-21-16)12(2)19-17(23)14-7-4-8-15(10-14)22(24)25/h3-10,12H,1-2H3,(H,19,23)/t12-/m0/s1. The van der Waals surface area contributed by atoms with E-state index in [4.69, 9.17) is 4.52 Å². The molecule has 8 nitrogen and oxygen atoms in total. The van der Waals surface area contributed by atoms with Crippen LogP contribution in [-0.2, 0) is 0 Å². The molecule has 0 fully saturated rings. The molecule has 132 valence electrons. The minimum absolute atomic E-state index is 0.148. The number of hydrogen-bond donors (Lipinski definition) is 1. The number of benzene rings is 2. The summed E-state index contributed by atoms with van der Waals surface area (Å²) in [6.45, 7) is 3.66. The second-order valence-electron chi connectivity index (χ2n) is 5.83. The number of amides is 1. The van der Waals surface area contributed by atoms with Gasteiger partial charge in [-0.1, -0.05) is 35.0 Å². The number of rotatable bonds is 5. The first-order valence-corrected chi connectivity index (χ1v) is 7.90. The summed E-state index contributed by atoms with van der Waals surface area (Å²) in [6.07, 6.45) is 0. The third kappa shape index (κ3) is 3.75. The lowest BCUT2D eigenvalue weighted by atomic mass is 10.1. The second kappa shape index (κ2) is 7.14. The van der Waals surface area contributed by atoms with Gasteiger partial charge in [0.05, 0.1) is 4.92 Å². The summed E-state index contributed by atoms with van der Waals surface area (Å²) in [4.78, 5) is 26.9. The van der Waals surface area contributed by atoms with Gasteiger partial charge in [0.2, 0.25) is 11.7 Å². The van der Waals surface area contributed by atoms with Gasteiger partial charge in [0.25, 0.3) is 11.6 Å². The molecule has 0 unspecified atom stereocenters. The molecule has 0 radical (unpaired) electrons. The molecule has 1 atom stereocenters. The number of non-ortho nitro benzene ring substituents is 1. The van der Waals surface area contributed by atoms with E-state index in [9.17, 15) is 14.9 Å². The summed E-state index contributed by atoms with van der Waals surface area (Å²) in [7, 11) is 0. The Balaban J connectivity index is 1.74. The Morgan fingerprint density at radius 2 is 2.00 bits per heavy atom. The predicted molar refractivity (Wildman–Crippen MR) is 93.4 cm³/mol. The molecule has 1 aromatic heterocycles. The predicted octanol–water partition coefficient (Wildman–Crippen LogP) is 3.44. The van der Waals surface area contributed by atoms with Crippen LogP contribution in [0.3, 0.4) is 0 Å². The third-order valence-corrected chi connectivity index (χ3v) is 3.76. The fraction of sp³-hybridized carbons (Fsp3) is 0.167. The van der Waals surface area contributed by atoms with Crippen LogP contribution in [0.4, 0.5) is 5.69 Å². The van der Waals surface area contributed by atoms with Crippen LogP contribution >= 0.6 is 0 Å². The largest absolute Gasteiger partial charge is 0.341 e. The number of hydrogen-bond acceptors (Lipinski definition) is 6. The van der Waals surface area contributed by atoms with E-state index >= 15 is 0 Å². The summed E-state index contributed by atoms with van der Waals surface area (Å²) < 4.78 is 5.24. The van der Waals surface area contributed by atoms with E-state index in [1.807, 2.05) is 31.2 Å². The van der Waals surface area contributed by atoms with Gasteiger partial charge >= 0.3 is 0 Å². The summed E-state index contributed by atoms with van der Waals surface area (Å²) in [5, 5.41) is 17.5. The third-order valence-electron chi connectivity index (χ3n) is 3.76. The number of carbonyl (C=O) groups is 1. The molecular formula is C18H16N4O4. The first-order valence-electron chi connectivity index (χ1n) is 7.90. The Labute approximate surface area is 149 Å². The zero-order valence-electron chi connectivity index (χ0n) is 14.2. The smallest absolute Gasteiger partial charge is 0.270 e. The Morgan fingerprint density at radius 3 is 2.73 bits per heavy atom. The fourth-order valence-corrected chi connectivity index (χ4v) is 2.41. The molecule has 0 spiro atoms. The number of aromatic nitrogens is 2. The van der Waals surface area contributed by atoms with E-state index in [2.05, 4.69) is 15.5 Å². The number of nitro benzene ring substituents is 1. The lowest BCUT2D eigenvalue weighted by molar-refractivity contribution is -0.384. The number of nitrogens with one attached hydrogen (secondary N) is 1. The van der Waals surface area contributed by atoms with Crippen LogP contribution in [0.2, 0.25) is 0 Å². The SMILES string of the molecule is Cc1cccc(-c2noc([C@H](C)NC(=O)c3cccc([N+](=O)[O-])c3)n2)c1. The van der Waals surface area contributed by atoms with Crippen molar-refractivity contribution < 1.29 is 14.2 Å². The van der Waals surface area contributed by atoms with Crippen LogP contribution in [0.15, 0.2) is 53.1 Å². The summed E-state index contributed by atoms with van der Waals surface area (Å²) >= 11 is 0. The zero-order valence-corrected chi connectivity index (χ0v) is 14.2. The summed E-state index contributed by atoms with van der Waals surface area (Å²) in [5.41, 5.74) is 1.92. The lowest BCUT2D eigenvalue weighted by Crippen LogP contribution is -2.26. The van der Waals surface area contributed by atoms with Gasteiger partial charge in [0.1, 0.15) is 6.04 Å². The topological polar surface area (TPSA) is 111 Å². The molecular weight excluding hydrogens is 336 g/mol. The molecule has 26 heavy (non-hydrogen) atoms. The second-order valence-corrected chi connectivity index (χ2v) is 5.83. The highest BCUT2D eigenvalue weighted by atomic mass is 16.6. The quantitative estimate of drug-likeness (QED) is 0.556. The van der Waals surface area contributed by atoms with Crippen molar-refractivity contribution in [2.75, 3.05) is 0 Å². The van der Waals surface area contributed by atoms with Crippen LogP contribution in [-0.4, -0.2) is 21.0 Å². The van der Waals surface area contributed by atoms with E-state index in [1.54, 1.807) is 6.92 Å². The molecule has 0 aliphatic rings. The Bertz CT molecular complexity index is 967. The molecule has 2 aromatic carbocycles. The van der Waals surface area contributed by atoms with Crippen LogP contribution in [0.5, 0.6) is 0 Å². The zero-order chi connectivity index (χ0) is 18.7. The van der Waals surface area contributed by atoms with Gasteiger partial charge in [0.15, 0.2) is 0 Å². The molecule has 3 rings (SSSR count). The monoisotopic (exact) mass is 352 g/mol. The van der Waals surface area contributed by atoms with E-state index in [1.165, 1.54) is 24.3 Å². The van der Waals surface area contributed by atoms with Gasteiger partial charge in [-0.2, -0.15) is 4.98 Å². The lowest BCUT2D eigenvalue weighted by Gasteiger charge is -2.09. The van der Waals surface area contributed by atoms with Gasteiger partial charge in [-0.25, -0.2) is 0 Å². The van der Waals surface area contributed by atoms with Gasteiger partial charge in [-0.3, -0.25) is 14.9 Å². The van der Waals surface area contributed by atoms with Crippen molar-refractivity contribution >= 4 is 11.6 Å². The summed E-state index contributed by atoms with van der Waals surface area (Å²) in [5.74, 6) is 0.219. The van der Waals surface area contributed by atoms with Gasteiger partial charge in [0, 0.05) is 23.3 Å². The first kappa shape index (κ1) is 17.3. The van der Waals surface area contributed by atoms with E-state index in [0.29, 0.717) is 5.82 Å². The van der Waals surface area contributed by atoms with Crippen molar-refractivity contribution in [2.45, 2.75) is 19.9 Å². The van der Waals surface area contributed by atoms with Crippen molar-refractivity contribution in [3.8, 4) is 11.4 Å². The molecule has 0 aliphatic heterocycles. The number of nitro groups is 1. The van der Waals surface area contributed by atoms with E-state index < -0.39 is 16.9 Å². The molecule has 0 aliphatic carbocycles. The average Bonchev–Trinajstić information content (AvgIpc) is 3.12. The van der Waals surface area contributed by atoms with Gasteiger partial charge < -0.3 is 9.84 Å². The molecule has 8 heteroatoms. The van der Waals surface area contributed by atoms with Crippen LogP contribution < -0.4 is 5.32 Å². The molecule has 0 bridgehead atoms. The van der Waals surface area contributed by atoms with Crippen LogP contribution in [0, 0.1) is 17.0 Å². The van der Waals surface area contributed by atoms with Crippen LogP contribution in [0.25, 0.3) is 11.4 Å². The molecule has 0 saturated carbocycles. The maximum atomic E-state index is 12.3. The van der Waals surface area contributed by atoms with Gasteiger partial charge in [-0.15, -0.1) is 0 Å². The molecule has 3 aromatic rings. The highest BCUT2D eigenvalue weighted by molar-refractivity contribution is 5.95. The maximum absolute atomic E-state index is 12.3. The minimum atomic E-state index is -0.549. The van der Waals surface area contributed by atoms with E-state index in [-0.39, 0.29) is 17.1 Å². The van der Waals surface area contributed by atoms with Crippen LogP contribution in [0.1, 0.15) is 34.8 Å². The molecule has 1 N–H and O–H groups in total. The Morgan fingerprint density at radius 1 is 1.23 bits per heavy atom. The Kier molecular flexibility index (Phi) is 4.74. The highest BCUT2D eigenvalue weighted by Crippen LogP contribution is 2.20. The van der Waals surface area contributed by atoms with Crippen molar-refractivity contribution in [3.05, 3.63) is 75.7 Å².